The van der Waals surface area contributed by atoms with Crippen LogP contribution in [0.25, 0.3) is 0 Å². The van der Waals surface area contributed by atoms with E-state index in [0.29, 0.717) is 5.69 Å². The largest absolute Gasteiger partial charge is 0.371 e. The van der Waals surface area contributed by atoms with Crippen LogP contribution in [0.3, 0.4) is 0 Å². The Bertz CT molecular complexity index is 528. The smallest absolute Gasteiger partial charge is 0.241 e. The zero-order valence-electron chi connectivity index (χ0n) is 13.7. The minimum atomic E-state index is -0.356. The van der Waals surface area contributed by atoms with Gasteiger partial charge in [0.2, 0.25) is 5.91 Å². The third-order valence-corrected chi connectivity index (χ3v) is 3.72. The minimum Gasteiger partial charge on any atom is -0.371 e. The molecule has 4 nitrogen and oxygen atoms in total. The van der Waals surface area contributed by atoms with E-state index in [1.54, 1.807) is 12.1 Å². The summed E-state index contributed by atoms with van der Waals surface area (Å²) in [5, 5.41) is 2.76. The highest BCUT2D eigenvalue weighted by molar-refractivity contribution is 5.94. The number of amides is 1. The number of nitrogens with zero attached hydrogens (tertiary/aromatic N) is 1. The molecule has 2 rings (SSSR count). The number of carbonyl (C=O) groups is 1. The summed E-state index contributed by atoms with van der Waals surface area (Å²) in [7, 11) is 0. The first-order valence-electron chi connectivity index (χ1n) is 7.73. The van der Waals surface area contributed by atoms with Crippen molar-refractivity contribution in [1.29, 1.82) is 0 Å². The Kier molecular flexibility index (Phi) is 5.19. The number of hydrogen-bond donors (Lipinski definition) is 1. The van der Waals surface area contributed by atoms with E-state index in [0.717, 1.165) is 19.5 Å². The molecule has 1 fully saturated rings. The number of rotatable bonds is 4. The van der Waals surface area contributed by atoms with Gasteiger partial charge in [-0.2, -0.15) is 0 Å². The van der Waals surface area contributed by atoms with Crippen molar-refractivity contribution in [2.75, 3.05) is 18.4 Å². The quantitative estimate of drug-likeness (QED) is 0.929. The number of benzene rings is 1. The van der Waals surface area contributed by atoms with Crippen LogP contribution in [0.15, 0.2) is 24.3 Å². The van der Waals surface area contributed by atoms with Crippen LogP contribution in [0.5, 0.6) is 0 Å². The predicted octanol–water partition coefficient (Wildman–Crippen LogP) is 3.04. The molecule has 0 aliphatic carbocycles. The lowest BCUT2D eigenvalue weighted by Gasteiger charge is -2.26. The lowest BCUT2D eigenvalue weighted by atomic mass is 10.2. The Morgan fingerprint density at radius 2 is 2.18 bits per heavy atom. The second kappa shape index (κ2) is 6.75. The van der Waals surface area contributed by atoms with Crippen molar-refractivity contribution in [3.63, 3.8) is 0 Å². The van der Waals surface area contributed by atoms with Crippen molar-refractivity contribution in [3.05, 3.63) is 30.1 Å². The summed E-state index contributed by atoms with van der Waals surface area (Å²) in [4.78, 5) is 14.4. The van der Waals surface area contributed by atoms with Gasteiger partial charge in [0.05, 0.1) is 17.7 Å². The first kappa shape index (κ1) is 16.9. The van der Waals surface area contributed by atoms with Crippen LogP contribution in [0.1, 0.15) is 34.1 Å². The van der Waals surface area contributed by atoms with Gasteiger partial charge in [-0.1, -0.05) is 6.07 Å². The van der Waals surface area contributed by atoms with Gasteiger partial charge in [-0.05, 0) is 52.3 Å². The van der Waals surface area contributed by atoms with Gasteiger partial charge >= 0.3 is 0 Å². The van der Waals surface area contributed by atoms with E-state index in [1.807, 2.05) is 27.7 Å². The van der Waals surface area contributed by atoms with E-state index in [-0.39, 0.29) is 29.5 Å². The van der Waals surface area contributed by atoms with Crippen molar-refractivity contribution < 1.29 is 13.9 Å². The molecule has 22 heavy (non-hydrogen) atoms. The summed E-state index contributed by atoms with van der Waals surface area (Å²) in [5.41, 5.74) is 0.312. The summed E-state index contributed by atoms with van der Waals surface area (Å²) in [6.45, 7) is 9.56. The Balaban J connectivity index is 1.89. The Morgan fingerprint density at radius 3 is 2.82 bits per heavy atom. The molecule has 2 atom stereocenters. The monoisotopic (exact) mass is 308 g/mol. The SMILES string of the molecule is C[C@H](C(=O)Nc1cccc(F)c1)N1CC[C@H](OC(C)(C)C)C1. The minimum absolute atomic E-state index is 0.123. The zero-order chi connectivity index (χ0) is 16.3. The normalized spacial score (nSPS) is 20.9. The molecule has 1 saturated heterocycles. The van der Waals surface area contributed by atoms with E-state index < -0.39 is 0 Å². The zero-order valence-corrected chi connectivity index (χ0v) is 13.7. The molecule has 0 saturated carbocycles. The first-order chi connectivity index (χ1) is 10.2. The Hall–Kier alpha value is -1.46. The highest BCUT2D eigenvalue weighted by Gasteiger charge is 2.32. The molecular formula is C17H25FN2O2. The Morgan fingerprint density at radius 1 is 1.45 bits per heavy atom. The molecule has 1 aliphatic rings. The number of carbonyl (C=O) groups excluding carboxylic acids is 1. The van der Waals surface area contributed by atoms with Crippen LogP contribution in [-0.2, 0) is 9.53 Å². The van der Waals surface area contributed by atoms with E-state index in [2.05, 4.69) is 10.2 Å². The summed E-state index contributed by atoms with van der Waals surface area (Å²) >= 11 is 0. The molecule has 0 bridgehead atoms. The van der Waals surface area contributed by atoms with E-state index >= 15 is 0 Å². The van der Waals surface area contributed by atoms with Crippen LogP contribution in [-0.4, -0.2) is 41.6 Å². The average Bonchev–Trinajstić information content (AvgIpc) is 2.84. The summed E-state index contributed by atoms with van der Waals surface area (Å²) in [6.07, 6.45) is 1.08. The molecule has 5 heteroatoms. The third kappa shape index (κ3) is 4.78. The Labute approximate surface area is 131 Å². The molecule has 1 aromatic carbocycles. The van der Waals surface area contributed by atoms with Gasteiger partial charge in [-0.15, -0.1) is 0 Å². The van der Waals surface area contributed by atoms with Crippen LogP contribution in [0.4, 0.5) is 10.1 Å². The van der Waals surface area contributed by atoms with E-state index in [1.165, 1.54) is 12.1 Å². The molecular weight excluding hydrogens is 283 g/mol. The van der Waals surface area contributed by atoms with Gasteiger partial charge in [-0.25, -0.2) is 4.39 Å². The number of hydrogen-bond acceptors (Lipinski definition) is 3. The fraction of sp³-hybridized carbons (Fsp3) is 0.588. The number of nitrogens with one attached hydrogen (secondary N) is 1. The highest BCUT2D eigenvalue weighted by Crippen LogP contribution is 2.21. The number of halogens is 1. The molecule has 122 valence electrons. The van der Waals surface area contributed by atoms with Crippen LogP contribution in [0.2, 0.25) is 0 Å². The second-order valence-corrected chi connectivity index (χ2v) is 6.81. The maximum absolute atomic E-state index is 13.2. The summed E-state index contributed by atoms with van der Waals surface area (Å²) < 4.78 is 19.1. The maximum atomic E-state index is 13.2. The van der Waals surface area contributed by atoms with Gasteiger partial charge < -0.3 is 10.1 Å². The number of ether oxygens (including phenoxy) is 1. The van der Waals surface area contributed by atoms with Gasteiger partial charge in [0.15, 0.2) is 0 Å². The van der Waals surface area contributed by atoms with Crippen molar-refractivity contribution in [1.82, 2.24) is 4.90 Å². The van der Waals surface area contributed by atoms with Crippen molar-refractivity contribution in [2.24, 2.45) is 0 Å². The lowest BCUT2D eigenvalue weighted by Crippen LogP contribution is -2.41. The summed E-state index contributed by atoms with van der Waals surface area (Å²) in [5.74, 6) is -0.479. The van der Waals surface area contributed by atoms with Crippen molar-refractivity contribution in [2.45, 2.75) is 51.9 Å². The molecule has 0 aromatic heterocycles. The first-order valence-corrected chi connectivity index (χ1v) is 7.73. The third-order valence-electron chi connectivity index (χ3n) is 3.72. The number of anilines is 1. The predicted molar refractivity (Wildman–Crippen MR) is 85.3 cm³/mol. The molecule has 1 aromatic rings. The average molecular weight is 308 g/mol. The van der Waals surface area contributed by atoms with Crippen molar-refractivity contribution in [3.8, 4) is 0 Å². The van der Waals surface area contributed by atoms with E-state index in [9.17, 15) is 9.18 Å². The second-order valence-electron chi connectivity index (χ2n) is 6.81. The van der Waals surface area contributed by atoms with Crippen LogP contribution >= 0.6 is 0 Å². The highest BCUT2D eigenvalue weighted by atomic mass is 19.1. The van der Waals surface area contributed by atoms with Crippen LogP contribution in [0, 0.1) is 5.82 Å². The van der Waals surface area contributed by atoms with Crippen molar-refractivity contribution >= 4 is 11.6 Å². The van der Waals surface area contributed by atoms with Gasteiger partial charge in [-0.3, -0.25) is 9.69 Å². The molecule has 1 aliphatic heterocycles. The molecule has 0 radical (unpaired) electrons. The number of likely N-dealkylation sites (tertiary alicyclic amines) is 1. The molecule has 1 N–H and O–H groups in total. The standard InChI is InChI=1S/C17H25FN2O2/c1-12(16(21)19-14-7-5-6-13(18)10-14)20-9-8-15(11-20)22-17(2,3)4/h5-7,10,12,15H,8-9,11H2,1-4H3,(H,19,21)/t12-,15+/m1/s1. The fourth-order valence-corrected chi connectivity index (χ4v) is 2.68. The molecule has 0 spiro atoms. The maximum Gasteiger partial charge on any atom is 0.241 e. The fourth-order valence-electron chi connectivity index (χ4n) is 2.68. The van der Waals surface area contributed by atoms with Crippen LogP contribution < -0.4 is 5.32 Å². The molecule has 0 unspecified atom stereocenters. The molecule has 1 heterocycles. The lowest BCUT2D eigenvalue weighted by molar-refractivity contribution is -0.120. The topological polar surface area (TPSA) is 41.6 Å². The van der Waals surface area contributed by atoms with E-state index in [4.69, 9.17) is 4.74 Å². The van der Waals surface area contributed by atoms with Gasteiger partial charge in [0.25, 0.3) is 0 Å². The summed E-state index contributed by atoms with van der Waals surface area (Å²) in [6, 6.07) is 5.67. The van der Waals surface area contributed by atoms with Gasteiger partial charge in [0.1, 0.15) is 5.82 Å². The van der Waals surface area contributed by atoms with Gasteiger partial charge in [0, 0.05) is 18.8 Å². The molecule has 1 amide bonds.